The Hall–Kier alpha value is -2.31. The van der Waals surface area contributed by atoms with Crippen molar-refractivity contribution in [1.29, 1.82) is 0 Å². The molecule has 5 nitrogen and oxygen atoms in total. The molecule has 0 spiro atoms. The minimum absolute atomic E-state index is 0.0860. The minimum atomic E-state index is -0.0860. The van der Waals surface area contributed by atoms with Gasteiger partial charge in [0.2, 0.25) is 0 Å². The molecular weight excluding hydrogens is 360 g/mol. The predicted molar refractivity (Wildman–Crippen MR) is 108 cm³/mol. The molecule has 140 valence electrons. The summed E-state index contributed by atoms with van der Waals surface area (Å²) >= 11 is 1.57. The van der Waals surface area contributed by atoms with Gasteiger partial charge in [0.05, 0.1) is 29.8 Å². The Morgan fingerprint density at radius 1 is 1.19 bits per heavy atom. The van der Waals surface area contributed by atoms with Gasteiger partial charge in [-0.15, -0.1) is 0 Å². The molecule has 1 aliphatic rings. The molecule has 0 amide bonds. The van der Waals surface area contributed by atoms with Crippen LogP contribution in [0, 0.1) is 0 Å². The van der Waals surface area contributed by atoms with Crippen molar-refractivity contribution in [3.63, 3.8) is 0 Å². The quantitative estimate of drug-likeness (QED) is 0.492. The molecule has 1 fully saturated rings. The SMILES string of the molecule is COc1ccccc1-n1c(SCC2CCCCO2)nc2ccccc2c1=O. The largest absolute Gasteiger partial charge is 0.495 e. The summed E-state index contributed by atoms with van der Waals surface area (Å²) in [5.41, 5.74) is 1.33. The van der Waals surface area contributed by atoms with Gasteiger partial charge in [0.25, 0.3) is 5.56 Å². The van der Waals surface area contributed by atoms with E-state index in [0.29, 0.717) is 27.5 Å². The van der Waals surface area contributed by atoms with Crippen LogP contribution >= 0.6 is 11.8 Å². The molecule has 0 radical (unpaired) electrons. The Labute approximate surface area is 162 Å². The summed E-state index contributed by atoms with van der Waals surface area (Å²) < 4.78 is 13.0. The van der Waals surface area contributed by atoms with Gasteiger partial charge in [-0.1, -0.05) is 36.0 Å². The standard InChI is InChI=1S/C21H22N2O3S/c1-25-19-12-5-4-11-18(19)23-20(24)16-9-2-3-10-17(16)22-21(23)27-14-15-8-6-7-13-26-15/h2-5,9-12,15H,6-8,13-14H2,1H3. The zero-order valence-corrected chi connectivity index (χ0v) is 16.1. The van der Waals surface area contributed by atoms with Gasteiger partial charge < -0.3 is 9.47 Å². The normalized spacial score (nSPS) is 17.1. The number of rotatable bonds is 5. The molecule has 27 heavy (non-hydrogen) atoms. The third kappa shape index (κ3) is 3.73. The van der Waals surface area contributed by atoms with Gasteiger partial charge in [0, 0.05) is 12.4 Å². The maximum absolute atomic E-state index is 13.3. The van der Waals surface area contributed by atoms with E-state index in [9.17, 15) is 4.79 Å². The van der Waals surface area contributed by atoms with Crippen molar-refractivity contribution in [2.75, 3.05) is 19.5 Å². The Morgan fingerprint density at radius 3 is 2.81 bits per heavy atom. The summed E-state index contributed by atoms with van der Waals surface area (Å²) in [6.45, 7) is 0.815. The third-order valence-corrected chi connectivity index (χ3v) is 5.81. The second-order valence-electron chi connectivity index (χ2n) is 6.52. The lowest BCUT2D eigenvalue weighted by molar-refractivity contribution is 0.0315. The van der Waals surface area contributed by atoms with E-state index in [4.69, 9.17) is 14.5 Å². The number of benzene rings is 2. The fourth-order valence-electron chi connectivity index (χ4n) is 3.34. The Bertz CT molecular complexity index is 996. The van der Waals surface area contributed by atoms with Gasteiger partial charge in [-0.2, -0.15) is 0 Å². The van der Waals surface area contributed by atoms with Crippen molar-refractivity contribution in [1.82, 2.24) is 9.55 Å². The fourth-order valence-corrected chi connectivity index (χ4v) is 4.41. The molecule has 1 aromatic heterocycles. The highest BCUT2D eigenvalue weighted by atomic mass is 32.2. The smallest absolute Gasteiger partial charge is 0.266 e. The molecule has 4 rings (SSSR count). The minimum Gasteiger partial charge on any atom is -0.495 e. The Kier molecular flexibility index (Phi) is 5.45. The van der Waals surface area contributed by atoms with Crippen LogP contribution in [0.1, 0.15) is 19.3 Å². The van der Waals surface area contributed by atoms with E-state index in [0.717, 1.165) is 25.2 Å². The first-order chi connectivity index (χ1) is 13.3. The van der Waals surface area contributed by atoms with E-state index < -0.39 is 0 Å². The lowest BCUT2D eigenvalue weighted by Gasteiger charge is -2.22. The first kappa shape index (κ1) is 18.1. The molecule has 0 aliphatic carbocycles. The summed E-state index contributed by atoms with van der Waals surface area (Å²) in [5, 5.41) is 1.26. The van der Waals surface area contributed by atoms with Crippen molar-refractivity contribution in [2.24, 2.45) is 0 Å². The highest BCUT2D eigenvalue weighted by Gasteiger charge is 2.19. The molecule has 0 saturated carbocycles. The Balaban J connectivity index is 1.81. The zero-order valence-electron chi connectivity index (χ0n) is 15.3. The van der Waals surface area contributed by atoms with E-state index >= 15 is 0 Å². The Morgan fingerprint density at radius 2 is 2.00 bits per heavy atom. The number of hydrogen-bond acceptors (Lipinski definition) is 5. The summed E-state index contributed by atoms with van der Waals surface area (Å²) in [6.07, 6.45) is 3.58. The van der Waals surface area contributed by atoms with Gasteiger partial charge in [-0.05, 0) is 43.5 Å². The van der Waals surface area contributed by atoms with Crippen LogP contribution in [0.15, 0.2) is 58.5 Å². The first-order valence-corrected chi connectivity index (χ1v) is 10.2. The van der Waals surface area contributed by atoms with Crippen LogP contribution in [0.4, 0.5) is 0 Å². The van der Waals surface area contributed by atoms with Gasteiger partial charge in [0.15, 0.2) is 5.16 Å². The average Bonchev–Trinajstić information content (AvgIpc) is 2.73. The molecule has 0 N–H and O–H groups in total. The molecular formula is C21H22N2O3S. The van der Waals surface area contributed by atoms with Crippen molar-refractivity contribution in [3.8, 4) is 11.4 Å². The van der Waals surface area contributed by atoms with Crippen LogP contribution in [-0.4, -0.2) is 35.1 Å². The summed E-state index contributed by atoms with van der Waals surface area (Å²) in [4.78, 5) is 18.1. The van der Waals surface area contributed by atoms with Crippen LogP contribution in [0.3, 0.4) is 0 Å². The van der Waals surface area contributed by atoms with Crippen LogP contribution in [0.5, 0.6) is 5.75 Å². The van der Waals surface area contributed by atoms with Gasteiger partial charge in [0.1, 0.15) is 5.75 Å². The number of thioether (sulfide) groups is 1. The van der Waals surface area contributed by atoms with E-state index in [1.54, 1.807) is 23.4 Å². The van der Waals surface area contributed by atoms with Gasteiger partial charge in [-0.3, -0.25) is 9.36 Å². The molecule has 1 atom stereocenters. The summed E-state index contributed by atoms with van der Waals surface area (Å²) in [6, 6.07) is 15.0. The van der Waals surface area contributed by atoms with Gasteiger partial charge in [-0.25, -0.2) is 4.98 Å². The van der Waals surface area contributed by atoms with E-state index in [2.05, 4.69) is 0 Å². The molecule has 2 aromatic carbocycles. The maximum atomic E-state index is 13.3. The fraction of sp³-hybridized carbons (Fsp3) is 0.333. The lowest BCUT2D eigenvalue weighted by Crippen LogP contribution is -2.24. The second kappa shape index (κ2) is 8.15. The maximum Gasteiger partial charge on any atom is 0.266 e. The van der Waals surface area contributed by atoms with Crippen LogP contribution in [0.2, 0.25) is 0 Å². The number of aromatic nitrogens is 2. The van der Waals surface area contributed by atoms with Crippen molar-refractivity contribution < 1.29 is 9.47 Å². The van der Waals surface area contributed by atoms with Crippen LogP contribution in [-0.2, 0) is 4.74 Å². The molecule has 2 heterocycles. The number of para-hydroxylation sites is 3. The number of hydrogen-bond donors (Lipinski definition) is 0. The van der Waals surface area contributed by atoms with E-state index in [1.807, 2.05) is 48.5 Å². The van der Waals surface area contributed by atoms with Crippen LogP contribution in [0.25, 0.3) is 16.6 Å². The topological polar surface area (TPSA) is 53.4 Å². The second-order valence-corrected chi connectivity index (χ2v) is 7.51. The summed E-state index contributed by atoms with van der Waals surface area (Å²) in [5.74, 6) is 1.42. The molecule has 0 bridgehead atoms. The molecule has 1 saturated heterocycles. The van der Waals surface area contributed by atoms with E-state index in [1.165, 1.54) is 6.42 Å². The number of methoxy groups -OCH3 is 1. The highest BCUT2D eigenvalue weighted by Crippen LogP contribution is 2.28. The monoisotopic (exact) mass is 382 g/mol. The highest BCUT2D eigenvalue weighted by molar-refractivity contribution is 7.99. The molecule has 3 aromatic rings. The molecule has 1 unspecified atom stereocenters. The zero-order chi connectivity index (χ0) is 18.6. The summed E-state index contributed by atoms with van der Waals surface area (Å²) in [7, 11) is 1.61. The van der Waals surface area contributed by atoms with Crippen molar-refractivity contribution in [2.45, 2.75) is 30.5 Å². The molecule has 6 heteroatoms. The molecule has 1 aliphatic heterocycles. The lowest BCUT2D eigenvalue weighted by atomic mass is 10.1. The third-order valence-electron chi connectivity index (χ3n) is 4.74. The number of fused-ring (bicyclic) bond motifs is 1. The average molecular weight is 382 g/mol. The number of nitrogens with zero attached hydrogens (tertiary/aromatic N) is 2. The van der Waals surface area contributed by atoms with Gasteiger partial charge >= 0.3 is 0 Å². The number of ether oxygens (including phenoxy) is 2. The van der Waals surface area contributed by atoms with E-state index in [-0.39, 0.29) is 11.7 Å². The predicted octanol–water partition coefficient (Wildman–Crippen LogP) is 4.06. The first-order valence-electron chi connectivity index (χ1n) is 9.17. The van der Waals surface area contributed by atoms with Crippen molar-refractivity contribution >= 4 is 22.7 Å². The van der Waals surface area contributed by atoms with Crippen LogP contribution < -0.4 is 10.3 Å². The van der Waals surface area contributed by atoms with Crippen molar-refractivity contribution in [3.05, 3.63) is 58.9 Å².